The standard InChI is InChI=1S/C11H11NO5/c1-17-8-3-2-6(5-13)9(11(8)16)10(15)7(14)4-12/h2-3,5,7,10,14-16H,1H3. The number of carbonyl (C=O) groups excluding carboxylic acids is 1. The Labute approximate surface area is 97.3 Å². The predicted octanol–water partition coefficient (Wildman–Crippen LogP) is 0.131. The van der Waals surface area contributed by atoms with E-state index in [9.17, 15) is 20.1 Å². The lowest BCUT2D eigenvalue weighted by molar-refractivity contribution is 0.0503. The van der Waals surface area contributed by atoms with E-state index in [0.29, 0.717) is 6.29 Å². The summed E-state index contributed by atoms with van der Waals surface area (Å²) in [5, 5.41) is 37.1. The van der Waals surface area contributed by atoms with E-state index in [4.69, 9.17) is 10.00 Å². The van der Waals surface area contributed by atoms with E-state index in [1.807, 2.05) is 0 Å². The van der Waals surface area contributed by atoms with Gasteiger partial charge in [-0.3, -0.25) is 4.79 Å². The van der Waals surface area contributed by atoms with Crippen molar-refractivity contribution in [2.24, 2.45) is 0 Å². The van der Waals surface area contributed by atoms with E-state index in [-0.39, 0.29) is 16.9 Å². The molecule has 1 rings (SSSR count). The summed E-state index contributed by atoms with van der Waals surface area (Å²) in [4.78, 5) is 10.8. The van der Waals surface area contributed by atoms with Crippen molar-refractivity contribution >= 4 is 6.29 Å². The fraction of sp³-hybridized carbons (Fsp3) is 0.273. The number of aldehydes is 1. The number of nitrogens with zero attached hydrogens (tertiary/aromatic N) is 1. The molecule has 0 fully saturated rings. The fourth-order valence-corrected chi connectivity index (χ4v) is 1.41. The van der Waals surface area contributed by atoms with Gasteiger partial charge in [-0.1, -0.05) is 0 Å². The first-order valence-corrected chi connectivity index (χ1v) is 4.67. The van der Waals surface area contributed by atoms with Crippen LogP contribution in [0, 0.1) is 11.3 Å². The molecule has 0 spiro atoms. The highest BCUT2D eigenvalue weighted by Gasteiger charge is 2.26. The Morgan fingerprint density at radius 1 is 1.47 bits per heavy atom. The zero-order valence-electron chi connectivity index (χ0n) is 8.99. The molecule has 17 heavy (non-hydrogen) atoms. The molecular formula is C11H11NO5. The summed E-state index contributed by atoms with van der Waals surface area (Å²) in [6, 6.07) is 4.07. The molecule has 0 aromatic heterocycles. The number of aliphatic hydroxyl groups is 2. The van der Waals surface area contributed by atoms with Gasteiger partial charge in [0.15, 0.2) is 23.9 Å². The Kier molecular flexibility index (Phi) is 4.04. The summed E-state index contributed by atoms with van der Waals surface area (Å²) < 4.78 is 4.81. The van der Waals surface area contributed by atoms with Crippen LogP contribution in [0.5, 0.6) is 11.5 Å². The van der Waals surface area contributed by atoms with Crippen LogP contribution in [-0.4, -0.2) is 34.8 Å². The molecule has 6 heteroatoms. The highest BCUT2D eigenvalue weighted by molar-refractivity contribution is 5.80. The molecule has 0 aliphatic heterocycles. The van der Waals surface area contributed by atoms with Gasteiger partial charge in [0.1, 0.15) is 6.10 Å². The van der Waals surface area contributed by atoms with E-state index in [2.05, 4.69) is 0 Å². The summed E-state index contributed by atoms with van der Waals surface area (Å²) in [6.07, 6.45) is -3.02. The number of carbonyl (C=O) groups is 1. The summed E-state index contributed by atoms with van der Waals surface area (Å²) in [7, 11) is 1.30. The summed E-state index contributed by atoms with van der Waals surface area (Å²) in [6.45, 7) is 0. The molecule has 2 unspecified atom stereocenters. The fourth-order valence-electron chi connectivity index (χ4n) is 1.41. The van der Waals surface area contributed by atoms with Crippen LogP contribution in [0.1, 0.15) is 22.0 Å². The van der Waals surface area contributed by atoms with Crippen molar-refractivity contribution < 1.29 is 24.9 Å². The van der Waals surface area contributed by atoms with Crippen molar-refractivity contribution in [3.8, 4) is 17.6 Å². The number of ether oxygens (including phenoxy) is 1. The monoisotopic (exact) mass is 237 g/mol. The Morgan fingerprint density at radius 2 is 2.12 bits per heavy atom. The number of aliphatic hydroxyl groups excluding tert-OH is 2. The van der Waals surface area contributed by atoms with Gasteiger partial charge in [-0.05, 0) is 12.1 Å². The van der Waals surface area contributed by atoms with Gasteiger partial charge < -0.3 is 20.1 Å². The molecule has 1 aromatic carbocycles. The zero-order chi connectivity index (χ0) is 13.0. The zero-order valence-corrected chi connectivity index (χ0v) is 8.99. The van der Waals surface area contributed by atoms with E-state index < -0.39 is 18.0 Å². The molecule has 3 N–H and O–H groups in total. The van der Waals surface area contributed by atoms with Crippen molar-refractivity contribution in [2.75, 3.05) is 7.11 Å². The molecule has 2 atom stereocenters. The highest BCUT2D eigenvalue weighted by Crippen LogP contribution is 2.36. The maximum Gasteiger partial charge on any atom is 0.170 e. The lowest BCUT2D eigenvalue weighted by Gasteiger charge is -2.17. The molecule has 0 heterocycles. The van der Waals surface area contributed by atoms with Gasteiger partial charge in [-0.25, -0.2) is 0 Å². The number of rotatable bonds is 4. The molecule has 0 saturated carbocycles. The third kappa shape index (κ3) is 2.36. The lowest BCUT2D eigenvalue weighted by atomic mass is 9.98. The van der Waals surface area contributed by atoms with Crippen molar-refractivity contribution in [2.45, 2.75) is 12.2 Å². The van der Waals surface area contributed by atoms with Crippen LogP contribution in [-0.2, 0) is 0 Å². The predicted molar refractivity (Wildman–Crippen MR) is 56.6 cm³/mol. The van der Waals surface area contributed by atoms with Crippen molar-refractivity contribution in [1.82, 2.24) is 0 Å². The van der Waals surface area contributed by atoms with Crippen LogP contribution < -0.4 is 4.74 Å². The number of benzene rings is 1. The van der Waals surface area contributed by atoms with Gasteiger partial charge in [0.2, 0.25) is 0 Å². The first-order chi connectivity index (χ1) is 8.06. The van der Waals surface area contributed by atoms with Gasteiger partial charge in [0, 0.05) is 11.1 Å². The quantitative estimate of drug-likeness (QED) is 0.507. The lowest BCUT2D eigenvalue weighted by Crippen LogP contribution is -2.17. The Balaban J connectivity index is 3.38. The van der Waals surface area contributed by atoms with Crippen LogP contribution in [0.2, 0.25) is 0 Å². The number of aromatic hydroxyl groups is 1. The Bertz CT molecular complexity index is 466. The van der Waals surface area contributed by atoms with Gasteiger partial charge in [0.25, 0.3) is 0 Å². The van der Waals surface area contributed by atoms with Crippen molar-refractivity contribution in [3.63, 3.8) is 0 Å². The van der Waals surface area contributed by atoms with Gasteiger partial charge in [-0.2, -0.15) is 5.26 Å². The Morgan fingerprint density at radius 3 is 2.59 bits per heavy atom. The van der Waals surface area contributed by atoms with E-state index in [1.165, 1.54) is 25.3 Å². The van der Waals surface area contributed by atoms with Crippen LogP contribution in [0.3, 0.4) is 0 Å². The van der Waals surface area contributed by atoms with Gasteiger partial charge >= 0.3 is 0 Å². The van der Waals surface area contributed by atoms with Crippen LogP contribution in [0.15, 0.2) is 12.1 Å². The molecule has 90 valence electrons. The SMILES string of the molecule is COc1ccc(C=O)c(C(O)C(O)C#N)c1O. The maximum absolute atomic E-state index is 10.8. The van der Waals surface area contributed by atoms with Crippen LogP contribution >= 0.6 is 0 Å². The average Bonchev–Trinajstić information content (AvgIpc) is 2.36. The Hall–Kier alpha value is -2.10. The van der Waals surface area contributed by atoms with E-state index in [0.717, 1.165) is 0 Å². The number of phenols is 1. The number of hydrogen-bond acceptors (Lipinski definition) is 6. The molecule has 0 amide bonds. The summed E-state index contributed by atoms with van der Waals surface area (Å²) >= 11 is 0. The molecule has 0 aliphatic carbocycles. The number of hydrogen-bond donors (Lipinski definition) is 3. The number of methoxy groups -OCH3 is 1. The normalized spacial score (nSPS) is 13.5. The van der Waals surface area contributed by atoms with Gasteiger partial charge in [0.05, 0.1) is 13.2 Å². The van der Waals surface area contributed by atoms with Crippen LogP contribution in [0.25, 0.3) is 0 Å². The second-order valence-corrected chi connectivity index (χ2v) is 3.26. The third-order valence-electron chi connectivity index (χ3n) is 2.29. The minimum absolute atomic E-state index is 0.0231. The molecular weight excluding hydrogens is 226 g/mol. The highest BCUT2D eigenvalue weighted by atomic mass is 16.5. The second kappa shape index (κ2) is 5.30. The number of nitriles is 1. The summed E-state index contributed by atoms with van der Waals surface area (Å²) in [5.41, 5.74) is -0.251. The van der Waals surface area contributed by atoms with Gasteiger partial charge in [-0.15, -0.1) is 0 Å². The maximum atomic E-state index is 10.8. The van der Waals surface area contributed by atoms with Crippen molar-refractivity contribution in [1.29, 1.82) is 5.26 Å². The largest absolute Gasteiger partial charge is 0.504 e. The molecule has 6 nitrogen and oxygen atoms in total. The number of phenolic OH excluding ortho intramolecular Hbond substituents is 1. The smallest absolute Gasteiger partial charge is 0.170 e. The minimum atomic E-state index is -1.74. The van der Waals surface area contributed by atoms with Crippen molar-refractivity contribution in [3.05, 3.63) is 23.3 Å². The first kappa shape index (κ1) is 13.0. The average molecular weight is 237 g/mol. The van der Waals surface area contributed by atoms with E-state index in [1.54, 1.807) is 0 Å². The summed E-state index contributed by atoms with van der Waals surface area (Å²) in [5.74, 6) is -0.436. The third-order valence-corrected chi connectivity index (χ3v) is 2.29. The molecule has 0 radical (unpaired) electrons. The topological polar surface area (TPSA) is 111 Å². The van der Waals surface area contributed by atoms with Crippen LogP contribution in [0.4, 0.5) is 0 Å². The second-order valence-electron chi connectivity index (χ2n) is 3.26. The first-order valence-electron chi connectivity index (χ1n) is 4.67. The molecule has 0 aliphatic rings. The molecule has 0 bridgehead atoms. The minimum Gasteiger partial charge on any atom is -0.504 e. The van der Waals surface area contributed by atoms with E-state index >= 15 is 0 Å². The molecule has 0 saturated heterocycles. The molecule has 1 aromatic rings.